The van der Waals surface area contributed by atoms with Gasteiger partial charge >= 0.3 is 0 Å². The maximum atomic E-state index is 12.1. The van der Waals surface area contributed by atoms with Crippen molar-refractivity contribution in [1.29, 1.82) is 0 Å². The van der Waals surface area contributed by atoms with Gasteiger partial charge in [0, 0.05) is 26.1 Å². The second-order valence-electron chi connectivity index (χ2n) is 4.78. The number of amides is 1. The third-order valence-corrected chi connectivity index (χ3v) is 3.22. The van der Waals surface area contributed by atoms with E-state index in [4.69, 9.17) is 4.74 Å². The standard InChI is InChI=1S/C15H24N2O2/c1-12(11-16-2)15(18)17(3)10-9-13-7-5-6-8-14(13)19-4/h5-8,12,16H,9-11H2,1-4H3. The molecule has 1 amide bonds. The van der Waals surface area contributed by atoms with Gasteiger partial charge in [0.1, 0.15) is 5.75 Å². The Bertz CT molecular complexity index is 407. The van der Waals surface area contributed by atoms with Gasteiger partial charge in [-0.25, -0.2) is 0 Å². The van der Waals surface area contributed by atoms with Crippen LogP contribution in [0, 0.1) is 5.92 Å². The fraction of sp³-hybridized carbons (Fsp3) is 0.533. The fourth-order valence-corrected chi connectivity index (χ4v) is 2.08. The summed E-state index contributed by atoms with van der Waals surface area (Å²) >= 11 is 0. The first-order valence-electron chi connectivity index (χ1n) is 6.61. The van der Waals surface area contributed by atoms with E-state index in [9.17, 15) is 4.79 Å². The van der Waals surface area contributed by atoms with Crippen molar-refractivity contribution in [2.45, 2.75) is 13.3 Å². The average molecular weight is 264 g/mol. The second-order valence-corrected chi connectivity index (χ2v) is 4.78. The number of nitrogens with zero attached hydrogens (tertiary/aromatic N) is 1. The molecule has 0 heterocycles. The first kappa shape index (κ1) is 15.5. The first-order chi connectivity index (χ1) is 9.10. The number of carbonyl (C=O) groups is 1. The number of likely N-dealkylation sites (N-methyl/N-ethyl adjacent to an activating group) is 1. The van der Waals surface area contributed by atoms with E-state index < -0.39 is 0 Å². The molecule has 0 saturated heterocycles. The Morgan fingerprint density at radius 3 is 2.74 bits per heavy atom. The molecule has 0 spiro atoms. The molecule has 0 aliphatic heterocycles. The SMILES string of the molecule is CNCC(C)C(=O)N(C)CCc1ccccc1OC. The van der Waals surface area contributed by atoms with Gasteiger partial charge < -0.3 is 15.0 Å². The quantitative estimate of drug-likeness (QED) is 0.812. The maximum absolute atomic E-state index is 12.1. The van der Waals surface area contributed by atoms with E-state index in [-0.39, 0.29) is 11.8 Å². The number of benzene rings is 1. The van der Waals surface area contributed by atoms with E-state index in [2.05, 4.69) is 5.32 Å². The lowest BCUT2D eigenvalue weighted by molar-refractivity contribution is -0.133. The normalized spacial score (nSPS) is 12.0. The molecule has 0 bridgehead atoms. The van der Waals surface area contributed by atoms with E-state index >= 15 is 0 Å². The zero-order valence-electron chi connectivity index (χ0n) is 12.3. The van der Waals surface area contributed by atoms with Gasteiger partial charge in [0.05, 0.1) is 7.11 Å². The monoisotopic (exact) mass is 264 g/mol. The van der Waals surface area contributed by atoms with Gasteiger partial charge in [-0.2, -0.15) is 0 Å². The van der Waals surface area contributed by atoms with Crippen molar-refractivity contribution in [2.24, 2.45) is 5.92 Å². The van der Waals surface area contributed by atoms with Crippen LogP contribution in [-0.2, 0) is 11.2 Å². The van der Waals surface area contributed by atoms with Crippen LogP contribution in [-0.4, -0.2) is 45.1 Å². The summed E-state index contributed by atoms with van der Waals surface area (Å²) in [6, 6.07) is 7.92. The van der Waals surface area contributed by atoms with Crippen molar-refractivity contribution in [3.8, 4) is 5.75 Å². The minimum absolute atomic E-state index is 0.00710. The zero-order valence-corrected chi connectivity index (χ0v) is 12.3. The highest BCUT2D eigenvalue weighted by Gasteiger charge is 2.16. The Labute approximate surface area is 115 Å². The third kappa shape index (κ3) is 4.56. The third-order valence-electron chi connectivity index (χ3n) is 3.22. The number of carbonyl (C=O) groups excluding carboxylic acids is 1. The Morgan fingerprint density at radius 2 is 2.11 bits per heavy atom. The number of methoxy groups -OCH3 is 1. The molecule has 19 heavy (non-hydrogen) atoms. The van der Waals surface area contributed by atoms with E-state index in [1.54, 1.807) is 12.0 Å². The molecule has 0 aliphatic carbocycles. The van der Waals surface area contributed by atoms with Crippen molar-refractivity contribution < 1.29 is 9.53 Å². The van der Waals surface area contributed by atoms with Crippen LogP contribution in [0.5, 0.6) is 5.75 Å². The van der Waals surface area contributed by atoms with Crippen LogP contribution in [0.1, 0.15) is 12.5 Å². The largest absolute Gasteiger partial charge is 0.496 e. The van der Waals surface area contributed by atoms with Gasteiger partial charge in [0.2, 0.25) is 5.91 Å². The molecule has 0 aromatic heterocycles. The van der Waals surface area contributed by atoms with E-state index in [1.165, 1.54) is 0 Å². The summed E-state index contributed by atoms with van der Waals surface area (Å²) in [6.45, 7) is 3.35. The van der Waals surface area contributed by atoms with E-state index in [1.807, 2.05) is 45.3 Å². The molecule has 1 unspecified atom stereocenters. The minimum atomic E-state index is 0.00710. The number of hydrogen-bond donors (Lipinski definition) is 1. The Morgan fingerprint density at radius 1 is 1.42 bits per heavy atom. The van der Waals surface area contributed by atoms with Crippen LogP contribution in [0.15, 0.2) is 24.3 Å². The van der Waals surface area contributed by atoms with Crippen LogP contribution in [0.4, 0.5) is 0 Å². The van der Waals surface area contributed by atoms with Crippen LogP contribution >= 0.6 is 0 Å². The second kappa shape index (κ2) is 7.79. The first-order valence-corrected chi connectivity index (χ1v) is 6.61. The lowest BCUT2D eigenvalue weighted by atomic mass is 10.1. The summed E-state index contributed by atoms with van der Waals surface area (Å²) in [5, 5.41) is 3.03. The smallest absolute Gasteiger partial charge is 0.226 e. The van der Waals surface area contributed by atoms with Gasteiger partial charge in [-0.05, 0) is 25.1 Å². The molecule has 0 fully saturated rings. The van der Waals surface area contributed by atoms with Gasteiger partial charge in [0.15, 0.2) is 0 Å². The minimum Gasteiger partial charge on any atom is -0.496 e. The summed E-state index contributed by atoms with van der Waals surface area (Å²) in [7, 11) is 5.38. The summed E-state index contributed by atoms with van der Waals surface area (Å²) in [5.41, 5.74) is 1.13. The number of para-hydroxylation sites is 1. The van der Waals surface area contributed by atoms with Crippen LogP contribution in [0.3, 0.4) is 0 Å². The van der Waals surface area contributed by atoms with Crippen LogP contribution < -0.4 is 10.1 Å². The van der Waals surface area contributed by atoms with E-state index in [0.29, 0.717) is 13.1 Å². The Kier molecular flexibility index (Phi) is 6.36. The number of hydrogen-bond acceptors (Lipinski definition) is 3. The predicted octanol–water partition coefficient (Wildman–Crippen LogP) is 1.55. The number of nitrogens with one attached hydrogen (secondary N) is 1. The highest BCUT2D eigenvalue weighted by Crippen LogP contribution is 2.18. The molecule has 0 saturated carbocycles. The van der Waals surface area contributed by atoms with Crippen LogP contribution in [0.2, 0.25) is 0 Å². The average Bonchev–Trinajstić information content (AvgIpc) is 2.44. The molecular weight excluding hydrogens is 240 g/mol. The molecule has 1 aromatic rings. The van der Waals surface area contributed by atoms with Gasteiger partial charge in [-0.3, -0.25) is 4.79 Å². The summed E-state index contributed by atoms with van der Waals surface area (Å²) in [5.74, 6) is 1.06. The van der Waals surface area contributed by atoms with Crippen molar-refractivity contribution in [2.75, 3.05) is 34.3 Å². The molecule has 1 atom stereocenters. The van der Waals surface area contributed by atoms with E-state index in [0.717, 1.165) is 17.7 Å². The maximum Gasteiger partial charge on any atom is 0.226 e. The van der Waals surface area contributed by atoms with Crippen LogP contribution in [0.25, 0.3) is 0 Å². The summed E-state index contributed by atoms with van der Waals surface area (Å²) in [6.07, 6.45) is 0.804. The van der Waals surface area contributed by atoms with Gasteiger partial charge in [-0.1, -0.05) is 25.1 Å². The summed E-state index contributed by atoms with van der Waals surface area (Å²) in [4.78, 5) is 13.8. The Hall–Kier alpha value is -1.55. The van der Waals surface area contributed by atoms with Crippen molar-refractivity contribution >= 4 is 5.91 Å². The molecule has 106 valence electrons. The molecule has 1 rings (SSSR count). The molecule has 0 aliphatic rings. The van der Waals surface area contributed by atoms with Crippen molar-refractivity contribution in [3.05, 3.63) is 29.8 Å². The highest BCUT2D eigenvalue weighted by molar-refractivity contribution is 5.78. The summed E-state index contributed by atoms with van der Waals surface area (Å²) < 4.78 is 5.31. The Balaban J connectivity index is 2.54. The lowest BCUT2D eigenvalue weighted by Gasteiger charge is -2.21. The molecule has 1 N–H and O–H groups in total. The lowest BCUT2D eigenvalue weighted by Crippen LogP contribution is -2.37. The highest BCUT2D eigenvalue weighted by atomic mass is 16.5. The van der Waals surface area contributed by atoms with Crippen molar-refractivity contribution in [1.82, 2.24) is 10.2 Å². The predicted molar refractivity (Wildman–Crippen MR) is 77.4 cm³/mol. The molecule has 4 heteroatoms. The molecule has 1 aromatic carbocycles. The topological polar surface area (TPSA) is 41.6 Å². The number of ether oxygens (including phenoxy) is 1. The number of rotatable bonds is 7. The molecule has 4 nitrogen and oxygen atoms in total. The van der Waals surface area contributed by atoms with Gasteiger partial charge in [-0.15, -0.1) is 0 Å². The zero-order chi connectivity index (χ0) is 14.3. The van der Waals surface area contributed by atoms with Crippen molar-refractivity contribution in [3.63, 3.8) is 0 Å². The van der Waals surface area contributed by atoms with Gasteiger partial charge in [0.25, 0.3) is 0 Å². The molecule has 0 radical (unpaired) electrons. The fourth-order valence-electron chi connectivity index (χ4n) is 2.08. The molecular formula is C15H24N2O2.